The number of rotatable bonds is 4. The van der Waals surface area contributed by atoms with Gasteiger partial charge in [-0.3, -0.25) is 0 Å². The van der Waals surface area contributed by atoms with Crippen LogP contribution in [0, 0.1) is 0 Å². The smallest absolute Gasteiger partial charge is 0.330 e. The largest absolute Gasteiger partial charge is 0.464 e. The van der Waals surface area contributed by atoms with E-state index in [4.69, 9.17) is 15.2 Å². The second-order valence-electron chi connectivity index (χ2n) is 3.25. The van der Waals surface area contributed by atoms with Crippen LogP contribution < -0.4 is 15.2 Å². The van der Waals surface area contributed by atoms with Crippen molar-refractivity contribution in [3.05, 3.63) is 28.7 Å². The zero-order chi connectivity index (χ0) is 13.0. The number of benzene rings is 1. The van der Waals surface area contributed by atoms with Crippen molar-refractivity contribution in [2.24, 2.45) is 0 Å². The second-order valence-corrected chi connectivity index (χ2v) is 4.16. The molecule has 0 aliphatic rings. The maximum absolute atomic E-state index is 5.54. The highest BCUT2D eigenvalue weighted by molar-refractivity contribution is 9.10. The number of hydrogen-bond acceptors (Lipinski definition) is 6. The maximum atomic E-state index is 5.54. The lowest BCUT2D eigenvalue weighted by Gasteiger charge is -2.06. The Morgan fingerprint density at radius 1 is 1.11 bits per heavy atom. The van der Waals surface area contributed by atoms with Crippen molar-refractivity contribution in [1.82, 2.24) is 15.0 Å². The average Bonchev–Trinajstić information content (AvgIpc) is 2.32. The minimum atomic E-state index is 0.0561. The lowest BCUT2D eigenvalue weighted by molar-refractivity contribution is 0.304. The van der Waals surface area contributed by atoms with E-state index in [0.29, 0.717) is 12.4 Å². The van der Waals surface area contributed by atoms with Gasteiger partial charge in [0.2, 0.25) is 5.95 Å². The molecule has 94 valence electrons. The Hall–Kier alpha value is -1.89. The number of hydrogen-bond donors (Lipinski definition) is 1. The Labute approximate surface area is 112 Å². The Morgan fingerprint density at radius 2 is 1.78 bits per heavy atom. The molecule has 0 aliphatic carbocycles. The van der Waals surface area contributed by atoms with Crippen molar-refractivity contribution < 1.29 is 9.47 Å². The van der Waals surface area contributed by atoms with E-state index in [9.17, 15) is 0 Å². The molecule has 1 aromatic carbocycles. The van der Waals surface area contributed by atoms with E-state index in [1.165, 1.54) is 0 Å². The second kappa shape index (κ2) is 5.63. The van der Waals surface area contributed by atoms with E-state index in [1.807, 2.05) is 19.1 Å². The first-order valence-electron chi connectivity index (χ1n) is 5.25. The minimum Gasteiger partial charge on any atom is -0.464 e. The van der Waals surface area contributed by atoms with Crippen LogP contribution in [0.2, 0.25) is 0 Å². The van der Waals surface area contributed by atoms with Gasteiger partial charge in [0.15, 0.2) is 0 Å². The van der Waals surface area contributed by atoms with Crippen molar-refractivity contribution in [3.63, 3.8) is 0 Å². The molecule has 0 atom stereocenters. The van der Waals surface area contributed by atoms with Crippen LogP contribution in [0.5, 0.6) is 17.8 Å². The Kier molecular flexibility index (Phi) is 3.93. The summed E-state index contributed by atoms with van der Waals surface area (Å²) >= 11 is 3.34. The first-order valence-corrected chi connectivity index (χ1v) is 6.04. The number of nitrogens with two attached hydrogens (primary N) is 1. The molecule has 1 heterocycles. The van der Waals surface area contributed by atoms with Gasteiger partial charge in [0.05, 0.1) is 6.61 Å². The summed E-state index contributed by atoms with van der Waals surface area (Å²) in [4.78, 5) is 11.7. The SMILES string of the molecule is CCOc1nc(N)nc(Oc2ccc(Br)cc2)n1. The van der Waals surface area contributed by atoms with E-state index >= 15 is 0 Å². The van der Waals surface area contributed by atoms with E-state index in [0.717, 1.165) is 4.47 Å². The van der Waals surface area contributed by atoms with Crippen LogP contribution in [-0.4, -0.2) is 21.6 Å². The van der Waals surface area contributed by atoms with Gasteiger partial charge >= 0.3 is 12.0 Å². The highest BCUT2D eigenvalue weighted by atomic mass is 79.9. The zero-order valence-electron chi connectivity index (χ0n) is 9.63. The van der Waals surface area contributed by atoms with Gasteiger partial charge in [0, 0.05) is 4.47 Å². The van der Waals surface area contributed by atoms with Crippen LogP contribution in [0.15, 0.2) is 28.7 Å². The highest BCUT2D eigenvalue weighted by Crippen LogP contribution is 2.21. The highest BCUT2D eigenvalue weighted by Gasteiger charge is 2.07. The molecular formula is C11H11BrN4O2. The van der Waals surface area contributed by atoms with E-state index in [1.54, 1.807) is 12.1 Å². The van der Waals surface area contributed by atoms with Crippen LogP contribution in [0.1, 0.15) is 6.92 Å². The third-order valence-electron chi connectivity index (χ3n) is 1.91. The molecule has 1 aromatic heterocycles. The standard InChI is InChI=1S/C11H11BrN4O2/c1-2-17-10-14-9(13)15-11(16-10)18-8-5-3-7(12)4-6-8/h3-6H,2H2,1H3,(H2,13,14,15,16). The van der Waals surface area contributed by atoms with Gasteiger partial charge < -0.3 is 15.2 Å². The van der Waals surface area contributed by atoms with Crippen molar-refractivity contribution in [2.45, 2.75) is 6.92 Å². The van der Waals surface area contributed by atoms with E-state index in [2.05, 4.69) is 30.9 Å². The molecule has 6 nitrogen and oxygen atoms in total. The Balaban J connectivity index is 2.20. The van der Waals surface area contributed by atoms with Crippen molar-refractivity contribution in [2.75, 3.05) is 12.3 Å². The van der Waals surface area contributed by atoms with Gasteiger partial charge in [0.1, 0.15) is 5.75 Å². The number of halogens is 1. The summed E-state index contributed by atoms with van der Waals surface area (Å²) in [5, 5.41) is 0. The molecule has 0 aliphatic heterocycles. The summed E-state index contributed by atoms with van der Waals surface area (Å²) in [5.74, 6) is 0.659. The van der Waals surface area contributed by atoms with Crippen molar-refractivity contribution >= 4 is 21.9 Å². The lowest BCUT2D eigenvalue weighted by atomic mass is 10.3. The molecule has 0 unspecified atom stereocenters. The first-order chi connectivity index (χ1) is 8.67. The van der Waals surface area contributed by atoms with Crippen molar-refractivity contribution in [1.29, 1.82) is 0 Å². The molecular weight excluding hydrogens is 300 g/mol. The topological polar surface area (TPSA) is 83.2 Å². The third kappa shape index (κ3) is 3.30. The normalized spacial score (nSPS) is 10.1. The molecule has 18 heavy (non-hydrogen) atoms. The number of nitrogens with zero attached hydrogens (tertiary/aromatic N) is 3. The zero-order valence-corrected chi connectivity index (χ0v) is 11.2. The summed E-state index contributed by atoms with van der Waals surface area (Å²) in [6, 6.07) is 7.52. The Morgan fingerprint density at radius 3 is 2.44 bits per heavy atom. The van der Waals surface area contributed by atoms with Crippen molar-refractivity contribution in [3.8, 4) is 17.8 Å². The summed E-state index contributed by atoms with van der Waals surface area (Å²) in [7, 11) is 0. The van der Waals surface area contributed by atoms with Gasteiger partial charge in [0.25, 0.3) is 0 Å². The first kappa shape index (κ1) is 12.6. The molecule has 2 rings (SSSR count). The number of anilines is 1. The average molecular weight is 311 g/mol. The van der Waals surface area contributed by atoms with Crippen LogP contribution in [0.25, 0.3) is 0 Å². The third-order valence-corrected chi connectivity index (χ3v) is 2.44. The molecule has 0 radical (unpaired) electrons. The number of ether oxygens (including phenoxy) is 2. The van der Waals surface area contributed by atoms with Gasteiger partial charge in [-0.25, -0.2) is 0 Å². The van der Waals surface area contributed by atoms with Gasteiger partial charge in [-0.1, -0.05) is 15.9 Å². The van der Waals surface area contributed by atoms with Gasteiger partial charge in [-0.05, 0) is 31.2 Å². The molecule has 2 N–H and O–H groups in total. The van der Waals surface area contributed by atoms with Crippen LogP contribution in [-0.2, 0) is 0 Å². The van der Waals surface area contributed by atoms with Crippen LogP contribution >= 0.6 is 15.9 Å². The van der Waals surface area contributed by atoms with E-state index in [-0.39, 0.29) is 18.0 Å². The maximum Gasteiger partial charge on any atom is 0.330 e. The van der Waals surface area contributed by atoms with Gasteiger partial charge in [-0.2, -0.15) is 9.97 Å². The molecule has 0 fully saturated rings. The summed E-state index contributed by atoms with van der Waals surface area (Å²) in [6.45, 7) is 2.27. The van der Waals surface area contributed by atoms with Crippen LogP contribution in [0.4, 0.5) is 5.95 Å². The van der Waals surface area contributed by atoms with Crippen LogP contribution in [0.3, 0.4) is 0 Å². The minimum absolute atomic E-state index is 0.0561. The number of nitrogen functional groups attached to an aromatic ring is 1. The molecule has 0 amide bonds. The summed E-state index contributed by atoms with van der Waals surface area (Å²) < 4.78 is 11.6. The molecule has 7 heteroatoms. The number of aromatic nitrogens is 3. The molecule has 2 aromatic rings. The fourth-order valence-electron chi connectivity index (χ4n) is 1.20. The monoisotopic (exact) mass is 310 g/mol. The fraction of sp³-hybridized carbons (Fsp3) is 0.182. The van der Waals surface area contributed by atoms with Gasteiger partial charge in [-0.15, -0.1) is 4.98 Å². The molecule has 0 spiro atoms. The quantitative estimate of drug-likeness (QED) is 0.933. The summed E-state index contributed by atoms with van der Waals surface area (Å²) in [5.41, 5.74) is 5.54. The lowest BCUT2D eigenvalue weighted by Crippen LogP contribution is -2.04. The Bertz CT molecular complexity index is 533. The predicted octanol–water partition coefficient (Wildman–Crippen LogP) is 2.41. The fourth-order valence-corrected chi connectivity index (χ4v) is 1.46. The molecule has 0 saturated heterocycles. The molecule has 0 bridgehead atoms. The molecule has 0 saturated carbocycles. The predicted molar refractivity (Wildman–Crippen MR) is 69.6 cm³/mol. The van der Waals surface area contributed by atoms with E-state index < -0.39 is 0 Å². The summed E-state index contributed by atoms with van der Waals surface area (Å²) in [6.07, 6.45) is 0.